The second-order valence-electron chi connectivity index (χ2n) is 16.2. The third-order valence-corrected chi connectivity index (χ3v) is 14.0. The fourth-order valence-electron chi connectivity index (χ4n) is 7.69. The van der Waals surface area contributed by atoms with E-state index in [9.17, 15) is 27.4 Å². The van der Waals surface area contributed by atoms with Crippen molar-refractivity contribution in [3.63, 3.8) is 0 Å². The molecule has 2 unspecified atom stereocenters. The molecule has 1 radical (unpaired) electrons. The molecule has 1 aliphatic rings. The molecule has 73 heavy (non-hydrogen) atoms. The van der Waals surface area contributed by atoms with E-state index >= 15 is 0 Å². The summed E-state index contributed by atoms with van der Waals surface area (Å²) < 4.78 is 35.1. The smallest absolute Gasteiger partial charge is 0.243 e. The molecule has 15 nitrogen and oxygen atoms in total. The molecule has 8 aromatic rings. The van der Waals surface area contributed by atoms with Gasteiger partial charge in [-0.25, -0.2) is 13.4 Å². The van der Waals surface area contributed by atoms with Crippen molar-refractivity contribution in [2.24, 2.45) is 0 Å². The Kier molecular flexibility index (Phi) is 22.3. The third kappa shape index (κ3) is 17.5. The molecule has 3 amide bonds. The van der Waals surface area contributed by atoms with Crippen molar-refractivity contribution in [2.45, 2.75) is 49.2 Å². The Labute approximate surface area is 446 Å². The molecule has 5 aromatic heterocycles. The zero-order valence-corrected chi connectivity index (χ0v) is 44.3. The van der Waals surface area contributed by atoms with Gasteiger partial charge in [-0.3, -0.25) is 24.4 Å². The molecular formula is C54H52IrN9O6S3-3. The van der Waals surface area contributed by atoms with Gasteiger partial charge in [-0.15, -0.1) is 71.8 Å². The number of benzene rings is 3. The first-order valence-electron chi connectivity index (χ1n) is 23.3. The number of carbonyl (C=O) groups is 3. The van der Waals surface area contributed by atoms with Crippen LogP contribution in [-0.2, 0) is 44.6 Å². The van der Waals surface area contributed by atoms with E-state index in [2.05, 4.69) is 53.0 Å². The Hall–Kier alpha value is -6.60. The van der Waals surface area contributed by atoms with Gasteiger partial charge in [0.15, 0.2) is 0 Å². The molecule has 379 valence electrons. The number of carbonyl (C=O) groups excluding carboxylic acids is 3. The molecule has 0 bridgehead atoms. The van der Waals surface area contributed by atoms with Crippen LogP contribution in [0.5, 0.6) is 0 Å². The molecule has 0 saturated carbocycles. The van der Waals surface area contributed by atoms with Crippen molar-refractivity contribution < 1.29 is 47.5 Å². The molecule has 9 rings (SSSR count). The zero-order chi connectivity index (χ0) is 50.4. The van der Waals surface area contributed by atoms with Crippen LogP contribution in [0.3, 0.4) is 0 Å². The number of anilines is 1. The van der Waals surface area contributed by atoms with Crippen molar-refractivity contribution in [3.8, 4) is 22.5 Å². The summed E-state index contributed by atoms with van der Waals surface area (Å²) in [5.41, 5.74) is 6.23. The van der Waals surface area contributed by atoms with E-state index in [-0.39, 0.29) is 39.0 Å². The second kappa shape index (κ2) is 29.2. The second-order valence-corrected chi connectivity index (χ2v) is 20.0. The van der Waals surface area contributed by atoms with Crippen LogP contribution in [0.15, 0.2) is 169 Å². The van der Waals surface area contributed by atoms with E-state index in [1.807, 2.05) is 138 Å². The predicted molar refractivity (Wildman–Crippen MR) is 283 cm³/mol. The van der Waals surface area contributed by atoms with Crippen LogP contribution in [0.4, 0.5) is 5.69 Å². The van der Waals surface area contributed by atoms with Crippen molar-refractivity contribution in [1.29, 1.82) is 0 Å². The maximum atomic E-state index is 13.6. The first-order valence-corrected chi connectivity index (χ1v) is 27.2. The van der Waals surface area contributed by atoms with Gasteiger partial charge in [0.05, 0.1) is 26.9 Å². The average molecular weight is 1210 g/mol. The number of hydrogen-bond donors (Lipinski definition) is 3. The van der Waals surface area contributed by atoms with Gasteiger partial charge < -0.3 is 35.4 Å². The standard InChI is InChI=1S/C32H37N7O6S3.2C11H8N.Ir/c40-27(33-17-19-46-47-28-12-2-4-13-34-28)11-1-3-14-37-31(41)24(21-48(43,44)45)38-32(42)25-10-7-18-39(25)26-20-22-8-5-15-35-29(22)30-23(26)9-6-16-36-30;2*1-2-6-10(7-3-1)11-8-4-5-9-12-11;/h2,4-6,8-9,12-13,15-16,20,24-25H,1,3,7,10-11,14,17-19,21H2,(H,33,40)(H,37,41)(H,38,42)(H,43,44,45);2*1-6,8-9H;/q;2*-1;/p-1. The summed E-state index contributed by atoms with van der Waals surface area (Å²) in [4.78, 5) is 62.3. The summed E-state index contributed by atoms with van der Waals surface area (Å²) in [5.74, 6) is -1.80. The minimum Gasteiger partial charge on any atom is -0.748 e. The maximum absolute atomic E-state index is 13.6. The summed E-state index contributed by atoms with van der Waals surface area (Å²) >= 11 is 0. The van der Waals surface area contributed by atoms with Gasteiger partial charge in [0.25, 0.3) is 0 Å². The Morgan fingerprint density at radius 2 is 1.34 bits per heavy atom. The fourth-order valence-corrected chi connectivity index (χ4v) is 10.1. The number of rotatable bonds is 18. The maximum Gasteiger partial charge on any atom is 0.243 e. The number of pyridine rings is 5. The number of unbranched alkanes of at least 4 members (excludes halogenated alkanes) is 1. The van der Waals surface area contributed by atoms with Gasteiger partial charge in [0.1, 0.15) is 17.1 Å². The quantitative estimate of drug-likeness (QED) is 0.0244. The summed E-state index contributed by atoms with van der Waals surface area (Å²) in [6, 6.07) is 46.5. The molecule has 0 aliphatic carbocycles. The molecule has 1 fully saturated rings. The molecule has 1 saturated heterocycles. The normalized spacial score (nSPS) is 13.3. The van der Waals surface area contributed by atoms with Gasteiger partial charge in [-0.2, -0.15) is 0 Å². The van der Waals surface area contributed by atoms with Crippen LogP contribution < -0.4 is 20.9 Å². The van der Waals surface area contributed by atoms with Crippen LogP contribution in [0.2, 0.25) is 0 Å². The van der Waals surface area contributed by atoms with Gasteiger partial charge in [0, 0.05) is 99.4 Å². The van der Waals surface area contributed by atoms with Crippen LogP contribution in [0.1, 0.15) is 32.1 Å². The van der Waals surface area contributed by atoms with Crippen molar-refractivity contribution >= 4 is 76.9 Å². The summed E-state index contributed by atoms with van der Waals surface area (Å²) in [7, 11) is -1.72. The number of aromatic nitrogens is 5. The van der Waals surface area contributed by atoms with Gasteiger partial charge >= 0.3 is 0 Å². The Morgan fingerprint density at radius 3 is 1.96 bits per heavy atom. The Morgan fingerprint density at radius 1 is 0.712 bits per heavy atom. The molecule has 1 aliphatic heterocycles. The van der Waals surface area contributed by atoms with E-state index in [0.717, 1.165) is 49.5 Å². The number of fused-ring (bicyclic) bond motifs is 3. The van der Waals surface area contributed by atoms with E-state index in [1.54, 1.807) is 41.8 Å². The van der Waals surface area contributed by atoms with E-state index in [0.29, 0.717) is 50.0 Å². The Bertz CT molecular complexity index is 2940. The van der Waals surface area contributed by atoms with Gasteiger partial charge in [0.2, 0.25) is 17.7 Å². The monoisotopic (exact) mass is 1210 g/mol. The largest absolute Gasteiger partial charge is 0.748 e. The molecular weight excluding hydrogens is 1160 g/mol. The number of hydrogen-bond acceptors (Lipinski definition) is 14. The summed E-state index contributed by atoms with van der Waals surface area (Å²) in [6.07, 6.45) is 11.0. The number of nitrogens with zero attached hydrogens (tertiary/aromatic N) is 6. The minimum absolute atomic E-state index is 0. The van der Waals surface area contributed by atoms with Crippen LogP contribution in [0.25, 0.3) is 44.3 Å². The zero-order valence-electron chi connectivity index (χ0n) is 39.5. The minimum atomic E-state index is -4.85. The van der Waals surface area contributed by atoms with Crippen molar-refractivity contribution in [1.82, 2.24) is 40.9 Å². The topological polar surface area (TPSA) is 212 Å². The first-order chi connectivity index (χ1) is 35.1. The van der Waals surface area contributed by atoms with E-state index in [4.69, 9.17) is 0 Å². The Balaban J connectivity index is 0.000000279. The molecule has 3 aromatic carbocycles. The fraction of sp³-hybridized carbons (Fsp3) is 0.222. The summed E-state index contributed by atoms with van der Waals surface area (Å²) in [6.45, 7) is 1.21. The number of nitrogens with one attached hydrogen (secondary N) is 3. The van der Waals surface area contributed by atoms with Crippen LogP contribution >= 0.6 is 21.6 Å². The molecule has 3 N–H and O–H groups in total. The molecule has 0 spiro atoms. The predicted octanol–water partition coefficient (Wildman–Crippen LogP) is 8.12. The first kappa shape index (κ1) is 55.7. The van der Waals surface area contributed by atoms with Crippen LogP contribution in [-0.4, -0.2) is 98.8 Å². The third-order valence-electron chi connectivity index (χ3n) is 11.0. The van der Waals surface area contributed by atoms with E-state index < -0.39 is 39.8 Å². The van der Waals surface area contributed by atoms with Crippen molar-refractivity contribution in [2.75, 3.05) is 36.0 Å². The van der Waals surface area contributed by atoms with Gasteiger partial charge in [-0.05, 0) is 96.4 Å². The SMILES string of the molecule is O=C(CCCCNC(=O)C(CS(=O)(=O)[O-])NC(=O)C1CCCN1c1cc2cccnc2c2ncccc12)NCCSSc1ccccn1.[Ir].[c-]1ccccc1-c1ccccn1.[c-]1ccccc1-c1ccccn1. The van der Waals surface area contributed by atoms with Crippen LogP contribution in [0, 0.1) is 12.1 Å². The average Bonchev–Trinajstić information content (AvgIpc) is 3.92. The molecule has 6 heterocycles. The van der Waals surface area contributed by atoms with Gasteiger partial charge in [-0.1, -0.05) is 47.2 Å². The van der Waals surface area contributed by atoms with Crippen molar-refractivity contribution in [3.05, 3.63) is 177 Å². The van der Waals surface area contributed by atoms with E-state index in [1.165, 1.54) is 10.8 Å². The number of amides is 3. The molecule has 19 heteroatoms. The molecule has 2 atom stereocenters. The summed E-state index contributed by atoms with van der Waals surface area (Å²) in [5, 5.41) is 10.6.